The van der Waals surface area contributed by atoms with Gasteiger partial charge in [-0.15, -0.1) is 11.8 Å². The van der Waals surface area contributed by atoms with E-state index in [4.69, 9.17) is 11.6 Å². The Bertz CT molecular complexity index is 399. The lowest BCUT2D eigenvalue weighted by atomic mass is 9.99. The van der Waals surface area contributed by atoms with Crippen LogP contribution in [0.15, 0.2) is 23.1 Å². The monoisotopic (exact) mass is 256 g/mol. The van der Waals surface area contributed by atoms with Gasteiger partial charge in [-0.2, -0.15) is 0 Å². The second-order valence-electron chi connectivity index (χ2n) is 4.72. The number of hydrogen-bond acceptors (Lipinski definition) is 2. The van der Waals surface area contributed by atoms with E-state index in [1.807, 2.05) is 13.8 Å². The Hall–Kier alpha value is -0.470. The van der Waals surface area contributed by atoms with E-state index in [0.717, 1.165) is 0 Å². The van der Waals surface area contributed by atoms with Gasteiger partial charge in [0.05, 0.1) is 0 Å². The fraction of sp³-hybridized carbons (Fsp3) is 0.462. The summed E-state index contributed by atoms with van der Waals surface area (Å²) < 4.78 is 0. The highest BCUT2D eigenvalue weighted by Crippen LogP contribution is 2.31. The van der Waals surface area contributed by atoms with Gasteiger partial charge in [0.25, 0.3) is 0 Å². The first-order chi connectivity index (χ1) is 7.33. The molecule has 0 aliphatic heterocycles. The molecule has 0 fully saturated rings. The Balaban J connectivity index is 2.75. The number of thioether (sulfide) groups is 1. The van der Waals surface area contributed by atoms with Crippen molar-refractivity contribution in [2.75, 3.05) is 5.75 Å². The van der Waals surface area contributed by atoms with E-state index in [-0.39, 0.29) is 5.24 Å². The Morgan fingerprint density at radius 3 is 2.56 bits per heavy atom. The molecule has 0 heterocycles. The van der Waals surface area contributed by atoms with Gasteiger partial charge in [-0.3, -0.25) is 4.79 Å². The van der Waals surface area contributed by atoms with Crippen LogP contribution in [0.3, 0.4) is 0 Å². The molecule has 0 saturated heterocycles. The van der Waals surface area contributed by atoms with Crippen molar-refractivity contribution >= 4 is 28.6 Å². The zero-order chi connectivity index (χ0) is 12.3. The number of carbonyl (C=O) groups excluding carboxylic acids is 1. The van der Waals surface area contributed by atoms with Gasteiger partial charge in [0.1, 0.15) is 0 Å². The minimum Gasteiger partial charge on any atom is -0.281 e. The van der Waals surface area contributed by atoms with Crippen LogP contribution in [0.4, 0.5) is 0 Å². The van der Waals surface area contributed by atoms with Crippen molar-refractivity contribution < 1.29 is 4.79 Å². The first kappa shape index (κ1) is 13.6. The maximum absolute atomic E-state index is 11.2. The number of benzene rings is 1. The zero-order valence-electron chi connectivity index (χ0n) is 10.1. The molecule has 1 rings (SSSR count). The number of rotatable bonds is 4. The molecule has 16 heavy (non-hydrogen) atoms. The largest absolute Gasteiger partial charge is 0.281 e. The van der Waals surface area contributed by atoms with Crippen LogP contribution >= 0.6 is 23.4 Å². The molecule has 1 nitrogen and oxygen atoms in total. The van der Waals surface area contributed by atoms with Crippen LogP contribution in [-0.4, -0.2) is 11.0 Å². The molecule has 0 atom stereocenters. The third kappa shape index (κ3) is 3.53. The molecule has 0 radical (unpaired) electrons. The molecule has 88 valence electrons. The quantitative estimate of drug-likeness (QED) is 0.594. The second kappa shape index (κ2) is 5.24. The lowest BCUT2D eigenvalue weighted by Crippen LogP contribution is -2.22. The molecule has 0 aliphatic carbocycles. The Kier molecular flexibility index (Phi) is 4.45. The predicted octanol–water partition coefficient (Wildman–Crippen LogP) is 4.19. The molecule has 0 saturated carbocycles. The normalized spacial score (nSPS) is 11.6. The van der Waals surface area contributed by atoms with Crippen molar-refractivity contribution in [2.45, 2.75) is 32.6 Å². The maximum Gasteiger partial charge on any atom is 0.228 e. The summed E-state index contributed by atoms with van der Waals surface area (Å²) in [5.74, 6) is 0.708. The Morgan fingerprint density at radius 2 is 2.00 bits per heavy atom. The summed E-state index contributed by atoms with van der Waals surface area (Å²) in [6, 6.07) is 6.35. The van der Waals surface area contributed by atoms with Gasteiger partial charge in [-0.05, 0) is 37.1 Å². The Labute approximate surface area is 107 Å². The topological polar surface area (TPSA) is 17.1 Å². The number of aryl methyl sites for hydroxylation is 2. The molecular formula is C13H17ClOS. The summed E-state index contributed by atoms with van der Waals surface area (Å²) >= 11 is 7.25. The molecule has 0 unspecified atom stereocenters. The van der Waals surface area contributed by atoms with Gasteiger partial charge in [-0.1, -0.05) is 31.5 Å². The van der Waals surface area contributed by atoms with Crippen molar-refractivity contribution in [3.8, 4) is 0 Å². The molecule has 3 heteroatoms. The van der Waals surface area contributed by atoms with E-state index in [0.29, 0.717) is 5.75 Å². The average molecular weight is 257 g/mol. The van der Waals surface area contributed by atoms with E-state index < -0.39 is 5.41 Å². The molecule has 0 N–H and O–H groups in total. The van der Waals surface area contributed by atoms with E-state index in [1.54, 1.807) is 11.8 Å². The minimum atomic E-state index is -0.470. The van der Waals surface area contributed by atoms with Crippen LogP contribution in [0.5, 0.6) is 0 Å². The van der Waals surface area contributed by atoms with Gasteiger partial charge in [0.2, 0.25) is 5.24 Å². The first-order valence-electron chi connectivity index (χ1n) is 5.23. The van der Waals surface area contributed by atoms with Crippen LogP contribution < -0.4 is 0 Å². The first-order valence-corrected chi connectivity index (χ1v) is 6.59. The zero-order valence-corrected chi connectivity index (χ0v) is 11.7. The van der Waals surface area contributed by atoms with Crippen LogP contribution in [0.2, 0.25) is 0 Å². The van der Waals surface area contributed by atoms with Crippen molar-refractivity contribution in [3.05, 3.63) is 29.3 Å². The molecule has 1 aromatic carbocycles. The Morgan fingerprint density at radius 1 is 1.38 bits per heavy atom. The standard InChI is InChI=1S/C13H17ClOS/c1-9-5-6-10(2)11(7-9)16-8-13(3,4)12(14)15/h5-7H,8H2,1-4H3. The van der Waals surface area contributed by atoms with Crippen molar-refractivity contribution in [1.82, 2.24) is 0 Å². The van der Waals surface area contributed by atoms with Gasteiger partial charge in [0, 0.05) is 16.1 Å². The second-order valence-corrected chi connectivity index (χ2v) is 6.08. The van der Waals surface area contributed by atoms with E-state index in [1.165, 1.54) is 16.0 Å². The highest BCUT2D eigenvalue weighted by Gasteiger charge is 2.26. The third-order valence-corrected chi connectivity index (χ3v) is 4.59. The summed E-state index contributed by atoms with van der Waals surface area (Å²) in [7, 11) is 0. The van der Waals surface area contributed by atoms with Gasteiger partial charge < -0.3 is 0 Å². The lowest BCUT2D eigenvalue weighted by molar-refractivity contribution is -0.117. The summed E-state index contributed by atoms with van der Waals surface area (Å²) in [6.07, 6.45) is 0. The van der Waals surface area contributed by atoms with E-state index >= 15 is 0 Å². The summed E-state index contributed by atoms with van der Waals surface area (Å²) in [6.45, 7) is 7.90. The average Bonchev–Trinajstić information content (AvgIpc) is 2.19. The number of hydrogen-bond donors (Lipinski definition) is 0. The fourth-order valence-electron chi connectivity index (χ4n) is 1.18. The third-order valence-electron chi connectivity index (χ3n) is 2.46. The summed E-state index contributed by atoms with van der Waals surface area (Å²) in [5, 5.41) is -0.273. The minimum absolute atomic E-state index is 0.273. The number of carbonyl (C=O) groups is 1. The SMILES string of the molecule is Cc1ccc(C)c(SCC(C)(C)C(=O)Cl)c1. The molecule has 0 aromatic heterocycles. The van der Waals surface area contributed by atoms with Crippen LogP contribution in [0.25, 0.3) is 0 Å². The van der Waals surface area contributed by atoms with Gasteiger partial charge in [-0.25, -0.2) is 0 Å². The highest BCUT2D eigenvalue weighted by molar-refractivity contribution is 7.99. The molecule has 1 aromatic rings. The molecule has 0 spiro atoms. The summed E-state index contributed by atoms with van der Waals surface area (Å²) in [5.41, 5.74) is 2.01. The van der Waals surface area contributed by atoms with Gasteiger partial charge in [0.15, 0.2) is 0 Å². The van der Waals surface area contributed by atoms with Crippen LogP contribution in [0, 0.1) is 19.3 Å². The molecule has 0 bridgehead atoms. The van der Waals surface area contributed by atoms with Crippen LogP contribution in [0.1, 0.15) is 25.0 Å². The van der Waals surface area contributed by atoms with E-state index in [2.05, 4.69) is 32.0 Å². The molecular weight excluding hydrogens is 240 g/mol. The van der Waals surface area contributed by atoms with Crippen LogP contribution in [-0.2, 0) is 4.79 Å². The molecule has 0 aliphatic rings. The van der Waals surface area contributed by atoms with Crippen molar-refractivity contribution in [2.24, 2.45) is 5.41 Å². The number of halogens is 1. The van der Waals surface area contributed by atoms with Gasteiger partial charge >= 0.3 is 0 Å². The summed E-state index contributed by atoms with van der Waals surface area (Å²) in [4.78, 5) is 12.4. The van der Waals surface area contributed by atoms with Crippen molar-refractivity contribution in [3.63, 3.8) is 0 Å². The van der Waals surface area contributed by atoms with E-state index in [9.17, 15) is 4.79 Å². The van der Waals surface area contributed by atoms with Crippen molar-refractivity contribution in [1.29, 1.82) is 0 Å². The predicted molar refractivity (Wildman–Crippen MR) is 71.3 cm³/mol. The highest BCUT2D eigenvalue weighted by atomic mass is 35.5. The molecule has 0 amide bonds. The maximum atomic E-state index is 11.2. The lowest BCUT2D eigenvalue weighted by Gasteiger charge is -2.19. The fourth-order valence-corrected chi connectivity index (χ4v) is 2.54. The smallest absolute Gasteiger partial charge is 0.228 e.